The van der Waals surface area contributed by atoms with Crippen molar-refractivity contribution < 1.29 is 14.3 Å². The minimum absolute atomic E-state index is 0.0884. The smallest absolute Gasteiger partial charge is 0.312 e. The molecule has 0 saturated carbocycles. The van der Waals surface area contributed by atoms with E-state index in [0.29, 0.717) is 26.3 Å². The third-order valence-corrected chi connectivity index (χ3v) is 6.35. The predicted molar refractivity (Wildman–Crippen MR) is 106 cm³/mol. The van der Waals surface area contributed by atoms with Crippen molar-refractivity contribution in [2.75, 3.05) is 59.0 Å². The molecule has 150 valence electrons. The van der Waals surface area contributed by atoms with Gasteiger partial charge in [0.05, 0.1) is 19.3 Å². The number of piperazine rings is 1. The largest absolute Gasteiger partial charge is 0.378 e. The van der Waals surface area contributed by atoms with Gasteiger partial charge < -0.3 is 19.9 Å². The lowest BCUT2D eigenvalue weighted by molar-refractivity contribution is -0.149. The van der Waals surface area contributed by atoms with Gasteiger partial charge in [-0.3, -0.25) is 14.5 Å². The van der Waals surface area contributed by atoms with Crippen molar-refractivity contribution in [3.05, 3.63) is 22.4 Å². The number of rotatable bonds is 5. The normalized spacial score (nSPS) is 21.6. The van der Waals surface area contributed by atoms with Gasteiger partial charge in [0.25, 0.3) is 0 Å². The Morgan fingerprint density at radius 1 is 1.19 bits per heavy atom. The molecular formula is C19H30N4O3S. The number of hydrogen-bond acceptors (Lipinski definition) is 6. The molecule has 0 aromatic carbocycles. The van der Waals surface area contributed by atoms with E-state index in [4.69, 9.17) is 4.74 Å². The summed E-state index contributed by atoms with van der Waals surface area (Å²) in [5, 5.41) is 5.04. The molecule has 0 radical (unpaired) electrons. The van der Waals surface area contributed by atoms with E-state index in [1.165, 1.54) is 4.88 Å². The summed E-state index contributed by atoms with van der Waals surface area (Å²) >= 11 is 1.70. The zero-order valence-corrected chi connectivity index (χ0v) is 17.0. The SMILES string of the molecule is CCN1CCN([C@@H](c2cccs2)[C@H](C)NC(=O)C(=O)N2CCOCC2)CC1. The van der Waals surface area contributed by atoms with Crippen molar-refractivity contribution in [3.8, 4) is 0 Å². The van der Waals surface area contributed by atoms with E-state index in [0.717, 1.165) is 32.7 Å². The van der Waals surface area contributed by atoms with Crippen LogP contribution in [0.1, 0.15) is 24.8 Å². The molecule has 2 atom stereocenters. The number of likely N-dealkylation sites (N-methyl/N-ethyl adjacent to an activating group) is 1. The number of hydrogen-bond donors (Lipinski definition) is 1. The van der Waals surface area contributed by atoms with E-state index in [-0.39, 0.29) is 12.1 Å². The molecule has 2 aliphatic rings. The molecule has 1 N–H and O–H groups in total. The number of morpholine rings is 1. The van der Waals surface area contributed by atoms with Gasteiger partial charge in [0, 0.05) is 50.2 Å². The Labute approximate surface area is 165 Å². The maximum Gasteiger partial charge on any atom is 0.312 e. The first-order valence-electron chi connectivity index (χ1n) is 9.77. The van der Waals surface area contributed by atoms with Gasteiger partial charge in [-0.25, -0.2) is 0 Å². The molecule has 2 fully saturated rings. The molecule has 0 bridgehead atoms. The van der Waals surface area contributed by atoms with Crippen LogP contribution in [0, 0.1) is 0 Å². The first-order valence-corrected chi connectivity index (χ1v) is 10.7. The number of carbonyl (C=O) groups is 2. The summed E-state index contributed by atoms with van der Waals surface area (Å²) in [6.07, 6.45) is 0. The fourth-order valence-electron chi connectivity index (χ4n) is 3.82. The minimum atomic E-state index is -0.516. The number of nitrogens with zero attached hydrogens (tertiary/aromatic N) is 3. The van der Waals surface area contributed by atoms with Crippen LogP contribution in [0.5, 0.6) is 0 Å². The lowest BCUT2D eigenvalue weighted by atomic mass is 10.0. The fourth-order valence-corrected chi connectivity index (χ4v) is 4.78. The Hall–Kier alpha value is -1.48. The lowest BCUT2D eigenvalue weighted by Crippen LogP contribution is -2.54. The highest BCUT2D eigenvalue weighted by Gasteiger charge is 2.32. The zero-order valence-electron chi connectivity index (χ0n) is 16.2. The van der Waals surface area contributed by atoms with Crippen molar-refractivity contribution in [2.45, 2.75) is 25.9 Å². The van der Waals surface area contributed by atoms with Gasteiger partial charge >= 0.3 is 11.8 Å². The van der Waals surface area contributed by atoms with Gasteiger partial charge in [-0.2, -0.15) is 0 Å². The van der Waals surface area contributed by atoms with Crippen LogP contribution in [0.15, 0.2) is 17.5 Å². The highest BCUT2D eigenvalue weighted by Crippen LogP contribution is 2.29. The molecule has 2 amide bonds. The van der Waals surface area contributed by atoms with Crippen LogP contribution >= 0.6 is 11.3 Å². The second-order valence-corrected chi connectivity index (χ2v) is 8.08. The second kappa shape index (κ2) is 9.64. The monoisotopic (exact) mass is 394 g/mol. The Morgan fingerprint density at radius 3 is 2.48 bits per heavy atom. The Balaban J connectivity index is 1.65. The predicted octanol–water partition coefficient (Wildman–Crippen LogP) is 0.790. The molecule has 2 aliphatic heterocycles. The van der Waals surface area contributed by atoms with E-state index in [9.17, 15) is 9.59 Å². The zero-order chi connectivity index (χ0) is 19.2. The van der Waals surface area contributed by atoms with Gasteiger partial charge in [-0.05, 0) is 24.9 Å². The molecule has 1 aromatic rings. The van der Waals surface area contributed by atoms with Crippen LogP contribution < -0.4 is 5.32 Å². The van der Waals surface area contributed by atoms with Gasteiger partial charge in [0.2, 0.25) is 0 Å². The lowest BCUT2D eigenvalue weighted by Gasteiger charge is -2.41. The van der Waals surface area contributed by atoms with E-state index >= 15 is 0 Å². The molecule has 0 spiro atoms. The molecule has 8 heteroatoms. The van der Waals surface area contributed by atoms with Crippen molar-refractivity contribution in [1.82, 2.24) is 20.0 Å². The highest BCUT2D eigenvalue weighted by atomic mass is 32.1. The van der Waals surface area contributed by atoms with Crippen LogP contribution in [0.3, 0.4) is 0 Å². The van der Waals surface area contributed by atoms with E-state index in [1.807, 2.05) is 13.0 Å². The van der Waals surface area contributed by atoms with Crippen molar-refractivity contribution in [3.63, 3.8) is 0 Å². The molecule has 2 saturated heterocycles. The Bertz CT molecular complexity index is 610. The number of ether oxygens (including phenoxy) is 1. The number of carbonyl (C=O) groups excluding carboxylic acids is 2. The average molecular weight is 395 g/mol. The summed E-state index contributed by atoms with van der Waals surface area (Å²) < 4.78 is 5.26. The third-order valence-electron chi connectivity index (χ3n) is 5.41. The summed E-state index contributed by atoms with van der Waals surface area (Å²) in [5.74, 6) is -0.968. The molecule has 0 unspecified atom stereocenters. The maximum absolute atomic E-state index is 12.5. The molecule has 1 aromatic heterocycles. The van der Waals surface area contributed by atoms with Gasteiger partial charge in [0.1, 0.15) is 0 Å². The molecule has 7 nitrogen and oxygen atoms in total. The summed E-state index contributed by atoms with van der Waals surface area (Å²) in [6, 6.07) is 4.11. The fraction of sp³-hybridized carbons (Fsp3) is 0.684. The Kier molecular flexibility index (Phi) is 7.23. The minimum Gasteiger partial charge on any atom is -0.378 e. The molecule has 3 rings (SSSR count). The van der Waals surface area contributed by atoms with E-state index in [2.05, 4.69) is 33.5 Å². The van der Waals surface area contributed by atoms with Gasteiger partial charge in [-0.15, -0.1) is 11.3 Å². The Morgan fingerprint density at radius 2 is 1.89 bits per heavy atom. The molecule has 0 aliphatic carbocycles. The molecule has 27 heavy (non-hydrogen) atoms. The maximum atomic E-state index is 12.5. The van der Waals surface area contributed by atoms with Gasteiger partial charge in [0.15, 0.2) is 0 Å². The van der Waals surface area contributed by atoms with E-state index in [1.54, 1.807) is 16.2 Å². The van der Waals surface area contributed by atoms with Crippen molar-refractivity contribution in [2.24, 2.45) is 0 Å². The highest BCUT2D eigenvalue weighted by molar-refractivity contribution is 7.10. The number of amides is 2. The van der Waals surface area contributed by atoms with Crippen LogP contribution in [0.4, 0.5) is 0 Å². The first-order chi connectivity index (χ1) is 13.1. The topological polar surface area (TPSA) is 65.1 Å². The van der Waals surface area contributed by atoms with Gasteiger partial charge in [-0.1, -0.05) is 13.0 Å². The third kappa shape index (κ3) is 5.07. The van der Waals surface area contributed by atoms with Crippen molar-refractivity contribution in [1.29, 1.82) is 0 Å². The molecule has 3 heterocycles. The molecular weight excluding hydrogens is 364 g/mol. The summed E-state index contributed by atoms with van der Waals surface area (Å²) in [6.45, 7) is 11.2. The van der Waals surface area contributed by atoms with E-state index < -0.39 is 11.8 Å². The number of nitrogens with one attached hydrogen (secondary N) is 1. The van der Waals surface area contributed by atoms with Crippen LogP contribution in [0.25, 0.3) is 0 Å². The average Bonchev–Trinajstić information content (AvgIpc) is 3.23. The van der Waals surface area contributed by atoms with Crippen LogP contribution in [-0.4, -0.2) is 91.6 Å². The first kappa shape index (κ1) is 20.3. The standard InChI is InChI=1S/C19H30N4O3S/c1-3-21-6-8-22(9-7-21)17(16-5-4-14-27-16)15(2)20-18(24)19(25)23-10-12-26-13-11-23/h4-5,14-15,17H,3,6-13H2,1-2H3,(H,20,24)/t15-,17+/m0/s1. The van der Waals surface area contributed by atoms with Crippen molar-refractivity contribution >= 4 is 23.2 Å². The number of thiophene rings is 1. The van der Waals surface area contributed by atoms with Crippen LogP contribution in [0.2, 0.25) is 0 Å². The van der Waals surface area contributed by atoms with Crippen LogP contribution in [-0.2, 0) is 14.3 Å². The second-order valence-electron chi connectivity index (χ2n) is 7.10. The summed E-state index contributed by atoms with van der Waals surface area (Å²) in [7, 11) is 0. The quantitative estimate of drug-likeness (QED) is 0.748. The summed E-state index contributed by atoms with van der Waals surface area (Å²) in [4.78, 5) is 32.7. The summed E-state index contributed by atoms with van der Waals surface area (Å²) in [5.41, 5.74) is 0.